The van der Waals surface area contributed by atoms with Crippen molar-refractivity contribution in [3.63, 3.8) is 0 Å². The second-order valence-corrected chi connectivity index (χ2v) is 32.9. The minimum Gasteiger partial charge on any atom is -0.463 e. The first-order valence-corrected chi connectivity index (χ1v) is 48.7. The van der Waals surface area contributed by atoms with Crippen LogP contribution >= 0.6 is 15.6 Å². The topological polar surface area (TPSA) is 231 Å². The van der Waals surface area contributed by atoms with Crippen molar-refractivity contribution in [3.05, 3.63) is 194 Å². The first-order chi connectivity index (χ1) is 57.2. The number of esters is 3. The quantitative estimate of drug-likeness (QED) is 0.0146. The van der Waals surface area contributed by atoms with Crippen LogP contribution in [-0.4, -0.2) is 95.9 Å². The number of rotatable bonds is 85. The smallest absolute Gasteiger partial charge is 0.463 e. The van der Waals surface area contributed by atoms with Gasteiger partial charge in [0.05, 0.1) is 26.4 Å². The molecule has 117 heavy (non-hydrogen) atoms. The molecule has 0 aliphatic rings. The Hall–Kier alpha value is -5.61. The van der Waals surface area contributed by atoms with Crippen LogP contribution in [0.3, 0.4) is 0 Å². The first kappa shape index (κ1) is 111. The molecule has 0 spiro atoms. The number of phosphoric acid groups is 2. The highest BCUT2D eigenvalue weighted by molar-refractivity contribution is 7.47. The van der Waals surface area contributed by atoms with Gasteiger partial charge in [0.25, 0.3) is 0 Å². The number of aliphatic hydroxyl groups is 2. The van der Waals surface area contributed by atoms with Crippen LogP contribution in [0.15, 0.2) is 194 Å². The van der Waals surface area contributed by atoms with Crippen LogP contribution in [0.1, 0.15) is 355 Å². The summed E-state index contributed by atoms with van der Waals surface area (Å²) in [6.45, 7) is 2.32. The molecule has 5 unspecified atom stereocenters. The highest BCUT2D eigenvalue weighted by atomic mass is 31.2. The summed E-state index contributed by atoms with van der Waals surface area (Å²) in [5, 5.41) is 20.7. The minimum atomic E-state index is -4.96. The molecule has 0 saturated heterocycles. The summed E-state index contributed by atoms with van der Waals surface area (Å²) in [5.74, 6) is -1.62. The van der Waals surface area contributed by atoms with Crippen LogP contribution in [0.2, 0.25) is 0 Å². The van der Waals surface area contributed by atoms with E-state index in [0.717, 1.165) is 193 Å². The van der Waals surface area contributed by atoms with Gasteiger partial charge in [-0.3, -0.25) is 32.5 Å². The van der Waals surface area contributed by atoms with Gasteiger partial charge in [-0.25, -0.2) is 9.13 Å². The number of ether oxygens (including phenoxy) is 3. The third-order valence-electron chi connectivity index (χ3n) is 18.8. The van der Waals surface area contributed by atoms with Crippen LogP contribution in [-0.2, 0) is 55.8 Å². The molecule has 0 rings (SSSR count). The predicted molar refractivity (Wildman–Crippen MR) is 491 cm³/mol. The highest BCUT2D eigenvalue weighted by Crippen LogP contribution is 2.45. The van der Waals surface area contributed by atoms with Gasteiger partial charge in [-0.1, -0.05) is 369 Å². The Morgan fingerprint density at radius 2 is 0.427 bits per heavy atom. The third-order valence-corrected chi connectivity index (χ3v) is 20.7. The monoisotopic (exact) mass is 1670 g/mol. The number of carbonyl (C=O) groups is 3. The lowest BCUT2D eigenvalue weighted by atomic mass is 10.0. The fourth-order valence-corrected chi connectivity index (χ4v) is 13.6. The van der Waals surface area contributed by atoms with Gasteiger partial charge in [0.15, 0.2) is 6.10 Å². The normalized spacial score (nSPS) is 14.7. The Balaban J connectivity index is 4.57. The fourth-order valence-electron chi connectivity index (χ4n) is 12.0. The zero-order valence-electron chi connectivity index (χ0n) is 73.3. The van der Waals surface area contributed by atoms with Crippen molar-refractivity contribution < 1.29 is 75.8 Å². The Labute approximate surface area is 712 Å². The van der Waals surface area contributed by atoms with Crippen molar-refractivity contribution in [1.82, 2.24) is 0 Å². The predicted octanol–water partition coefficient (Wildman–Crippen LogP) is 28.2. The van der Waals surface area contributed by atoms with E-state index in [4.69, 9.17) is 32.3 Å². The van der Waals surface area contributed by atoms with E-state index in [0.29, 0.717) is 19.3 Å². The van der Waals surface area contributed by atoms with Gasteiger partial charge in [0.2, 0.25) is 0 Å². The number of allylic oxidation sites excluding steroid dienone is 32. The van der Waals surface area contributed by atoms with Crippen LogP contribution < -0.4 is 0 Å². The zero-order chi connectivity index (χ0) is 85.1. The average Bonchev–Trinajstić information content (AvgIpc) is 0.899. The summed E-state index contributed by atoms with van der Waals surface area (Å²) >= 11 is 0. The molecule has 0 aromatic rings. The van der Waals surface area contributed by atoms with E-state index in [1.54, 1.807) is 0 Å². The van der Waals surface area contributed by atoms with E-state index in [2.05, 4.69) is 215 Å². The molecule has 0 aromatic carbocycles. The Kier molecular flexibility index (Phi) is 85.3. The number of hydrogen-bond donors (Lipinski definition) is 4. The summed E-state index contributed by atoms with van der Waals surface area (Å²) in [5.41, 5.74) is 0. The number of phosphoric ester groups is 2. The lowest BCUT2D eigenvalue weighted by Crippen LogP contribution is -2.30. The maximum Gasteiger partial charge on any atom is 0.472 e. The minimum absolute atomic E-state index is 0.0783. The van der Waals surface area contributed by atoms with E-state index < -0.39 is 91.5 Å². The number of aliphatic hydroxyl groups excluding tert-OH is 2. The molecular formula is C99H164O16P2. The number of unbranched alkanes of at least 4 members (excludes halogenated alkanes) is 30. The fraction of sp³-hybridized carbons (Fsp3) is 0.646. The molecule has 0 heterocycles. The van der Waals surface area contributed by atoms with Gasteiger partial charge in [0.1, 0.15) is 25.4 Å². The molecule has 666 valence electrons. The Morgan fingerprint density at radius 1 is 0.239 bits per heavy atom. The van der Waals surface area contributed by atoms with Gasteiger partial charge >= 0.3 is 33.6 Å². The molecule has 0 aromatic heterocycles. The second-order valence-electron chi connectivity index (χ2n) is 30.0. The van der Waals surface area contributed by atoms with Crippen LogP contribution in [0.4, 0.5) is 0 Å². The van der Waals surface area contributed by atoms with E-state index in [1.807, 2.05) is 0 Å². The first-order valence-electron chi connectivity index (χ1n) is 45.7. The summed E-state index contributed by atoms with van der Waals surface area (Å²) in [7, 11) is -9.83. The average molecular weight is 1670 g/mol. The molecule has 18 heteroatoms. The molecule has 0 fully saturated rings. The summed E-state index contributed by atoms with van der Waals surface area (Å²) in [4.78, 5) is 59.0. The molecular weight excluding hydrogens is 1510 g/mol. The summed E-state index contributed by atoms with van der Waals surface area (Å²) in [6, 6.07) is 0. The van der Waals surface area contributed by atoms with Crippen molar-refractivity contribution in [3.8, 4) is 0 Å². The van der Waals surface area contributed by atoms with E-state index >= 15 is 0 Å². The van der Waals surface area contributed by atoms with Crippen molar-refractivity contribution in [2.24, 2.45) is 0 Å². The van der Waals surface area contributed by atoms with E-state index in [1.165, 1.54) is 103 Å². The highest BCUT2D eigenvalue weighted by Gasteiger charge is 2.29. The molecule has 16 nitrogen and oxygen atoms in total. The van der Waals surface area contributed by atoms with Gasteiger partial charge in [-0.2, -0.15) is 0 Å². The number of carbonyl (C=O) groups excluding carboxylic acids is 3. The Morgan fingerprint density at radius 3 is 0.675 bits per heavy atom. The molecule has 0 bridgehead atoms. The van der Waals surface area contributed by atoms with Gasteiger partial charge in [0, 0.05) is 19.3 Å². The van der Waals surface area contributed by atoms with Gasteiger partial charge in [-0.15, -0.1) is 0 Å². The lowest BCUT2D eigenvalue weighted by Gasteiger charge is -2.21. The summed E-state index contributed by atoms with van der Waals surface area (Å²) < 4.78 is 61.4. The molecule has 0 amide bonds. The van der Waals surface area contributed by atoms with Crippen molar-refractivity contribution >= 4 is 33.6 Å². The maximum absolute atomic E-state index is 13.1. The van der Waals surface area contributed by atoms with Crippen LogP contribution in [0.25, 0.3) is 0 Å². The molecule has 0 aliphatic carbocycles. The lowest BCUT2D eigenvalue weighted by molar-refractivity contribution is -0.161. The Bertz CT molecular complexity index is 2910. The largest absolute Gasteiger partial charge is 0.472 e. The third kappa shape index (κ3) is 91.0. The SMILES string of the molecule is CC/C=C\C/C=C\C/C=C\C/C=C\C/C=C\C/C=C\CCCCCCC(=O)OCC(COP(=O)(O)OCC(O)COP(=O)(O)OCC(O)COC(=O)CCCCCCCCCCCCCCCCCCCCC/C=C\C/C=C\C/C=C\C/C=C\C/C=C\CC)OC(=O)CCCCCCCCC/C=C\C/C=C\C/C=C\C/C=C\C/C=C\CC. The number of hydrogen-bond acceptors (Lipinski definition) is 14. The van der Waals surface area contributed by atoms with Crippen LogP contribution in [0.5, 0.6) is 0 Å². The second kappa shape index (κ2) is 89.6. The molecule has 0 radical (unpaired) electrons. The van der Waals surface area contributed by atoms with Gasteiger partial charge < -0.3 is 34.2 Å². The van der Waals surface area contributed by atoms with E-state index in [-0.39, 0.29) is 19.3 Å². The van der Waals surface area contributed by atoms with Crippen molar-refractivity contribution in [1.29, 1.82) is 0 Å². The van der Waals surface area contributed by atoms with E-state index in [9.17, 15) is 43.5 Å². The molecule has 4 N–H and O–H groups in total. The van der Waals surface area contributed by atoms with Gasteiger partial charge in [-0.05, 0) is 161 Å². The zero-order valence-corrected chi connectivity index (χ0v) is 75.1. The molecule has 5 atom stereocenters. The van der Waals surface area contributed by atoms with Crippen LogP contribution in [0, 0.1) is 0 Å². The van der Waals surface area contributed by atoms with Crippen molar-refractivity contribution in [2.45, 2.75) is 373 Å². The molecule has 0 aliphatic heterocycles. The molecule has 0 saturated carbocycles. The summed E-state index contributed by atoms with van der Waals surface area (Å²) in [6.07, 6.45) is 119. The standard InChI is InChI=1S/C99H164O16P2/c1-4-7-10-13-16-19-22-25-28-31-34-37-40-41-42-43-44-45-46-47-48-49-50-51-54-56-58-61-64-67-70-73-76-79-82-85-97(102)109-88-94(100)89-111-116(105,106)112-90-95(101)91-113-117(107,108)114-93-96(115-99(104)87-84-81-78-75-72-69-66-63-60-57-53-39-36-33-30-27-24-21-18-15-12-9-6-3)92-110-98(103)86-83-80-77-74-71-68-65-62-59-55-52-38-35-32-29-26-23-20-17-14-11-8-5-2/h7-12,16-21,25-30,34-39,41-42,55,57,59-60,65,68,94-96,100-101H,4-6,13-15,22-24,31-33,40,43-54,56,58,61-64,66-67,69-93H2,1-3H3,(H,105,106)(H,107,108)/b10-7-,11-8-,12-9-,19-16-,20-17-,21-18-,28-25-,29-26-,30-27-,37-34-,38-35-,39-36-,42-41-,59-55-,60-57-,68-65-. The maximum atomic E-state index is 13.1. The van der Waals surface area contributed by atoms with Crippen molar-refractivity contribution in [2.75, 3.05) is 39.6 Å².